The number of aryl methyl sites for hydroxylation is 1. The summed E-state index contributed by atoms with van der Waals surface area (Å²) in [6.07, 6.45) is 11.5. The number of H-pyrrole nitrogens is 1. The van der Waals surface area contributed by atoms with Gasteiger partial charge in [0.15, 0.2) is 0 Å². The first-order chi connectivity index (χ1) is 21.1. The maximum absolute atomic E-state index is 11.9. The summed E-state index contributed by atoms with van der Waals surface area (Å²) in [5, 5.41) is 3.89. The van der Waals surface area contributed by atoms with E-state index in [-0.39, 0.29) is 17.7 Å². The number of ether oxygens (including phenoxy) is 1. The van der Waals surface area contributed by atoms with Gasteiger partial charge >= 0.3 is 0 Å². The summed E-state index contributed by atoms with van der Waals surface area (Å²) in [5.41, 5.74) is 5.56. The quantitative estimate of drug-likeness (QED) is 0.192. The van der Waals surface area contributed by atoms with Gasteiger partial charge in [-0.2, -0.15) is 0 Å². The second-order valence-electron chi connectivity index (χ2n) is 12.0. The van der Waals surface area contributed by atoms with Crippen LogP contribution in [0.2, 0.25) is 0 Å². The normalized spacial score (nSPS) is 19.4. The van der Waals surface area contributed by atoms with Gasteiger partial charge in [0, 0.05) is 62.5 Å². The zero-order chi connectivity index (χ0) is 29.2. The van der Waals surface area contributed by atoms with Crippen molar-refractivity contribution in [1.29, 1.82) is 0 Å². The fourth-order valence-electron chi connectivity index (χ4n) is 6.56. The Kier molecular flexibility index (Phi) is 8.51. The highest BCUT2D eigenvalue weighted by molar-refractivity contribution is 8.05. The molecule has 1 saturated carbocycles. The van der Waals surface area contributed by atoms with Crippen molar-refractivity contribution in [2.24, 2.45) is 5.92 Å². The van der Waals surface area contributed by atoms with Gasteiger partial charge in [0.2, 0.25) is 5.56 Å². The number of aromatic nitrogens is 2. The second-order valence-corrected chi connectivity index (χ2v) is 14.1. The molecule has 43 heavy (non-hydrogen) atoms. The van der Waals surface area contributed by atoms with E-state index < -0.39 is 0 Å². The Balaban J connectivity index is 1.10. The summed E-state index contributed by atoms with van der Waals surface area (Å²) in [4.78, 5) is 26.8. The standard InChI is InChI=1S/C35H38N4O2S2/c1-23-10-12-28(37-21-23)29(18-24-6-3-2-4-7-24)38-25-11-13-31-33(19-25)42-32-9-5-8-27(35(32)43-31)30-22-39(16-17-41-30)26-14-15-36-34(40)20-26/h5,8-15,19-21,24,29-30,38H,2-4,6-7,16-18,22H2,1H3,(H,36,40). The van der Waals surface area contributed by atoms with Crippen LogP contribution in [-0.4, -0.2) is 29.7 Å². The van der Waals surface area contributed by atoms with Gasteiger partial charge in [0.25, 0.3) is 0 Å². The molecule has 4 heterocycles. The molecule has 222 valence electrons. The minimum absolute atomic E-state index is 0.0545. The Bertz CT molecular complexity index is 1630. The van der Waals surface area contributed by atoms with E-state index in [1.807, 2.05) is 35.8 Å². The number of hydrogen-bond acceptors (Lipinski definition) is 7. The van der Waals surface area contributed by atoms with Crippen molar-refractivity contribution in [2.45, 2.75) is 77.2 Å². The van der Waals surface area contributed by atoms with Crippen LogP contribution in [0.3, 0.4) is 0 Å². The van der Waals surface area contributed by atoms with Gasteiger partial charge in [-0.1, -0.05) is 73.8 Å². The van der Waals surface area contributed by atoms with Gasteiger partial charge in [-0.05, 0) is 66.8 Å². The van der Waals surface area contributed by atoms with Crippen molar-refractivity contribution >= 4 is 34.9 Å². The molecule has 2 aromatic carbocycles. The van der Waals surface area contributed by atoms with Gasteiger partial charge in [-0.3, -0.25) is 9.78 Å². The lowest BCUT2D eigenvalue weighted by Crippen LogP contribution is -2.39. The third-order valence-electron chi connectivity index (χ3n) is 8.85. The second kappa shape index (κ2) is 12.8. The van der Waals surface area contributed by atoms with E-state index in [9.17, 15) is 4.79 Å². The van der Waals surface area contributed by atoms with E-state index in [2.05, 4.69) is 70.7 Å². The van der Waals surface area contributed by atoms with Crippen LogP contribution in [-0.2, 0) is 4.74 Å². The summed E-state index contributed by atoms with van der Waals surface area (Å²) >= 11 is 3.69. The van der Waals surface area contributed by atoms with Gasteiger partial charge < -0.3 is 19.9 Å². The largest absolute Gasteiger partial charge is 0.377 e. The fraction of sp³-hybridized carbons (Fsp3) is 0.371. The number of fused-ring (bicyclic) bond motifs is 2. The molecule has 0 amide bonds. The average molecular weight is 611 g/mol. The molecular formula is C35H38N4O2S2. The number of anilines is 2. The maximum Gasteiger partial charge on any atom is 0.249 e. The average Bonchev–Trinajstić information content (AvgIpc) is 3.04. The number of rotatable bonds is 7. The minimum Gasteiger partial charge on any atom is -0.377 e. The third-order valence-corrected chi connectivity index (χ3v) is 11.5. The number of nitrogens with zero attached hydrogens (tertiary/aromatic N) is 2. The number of aromatic amines is 1. The number of hydrogen-bond donors (Lipinski definition) is 2. The third kappa shape index (κ3) is 6.52. The Morgan fingerprint density at radius 1 is 1.02 bits per heavy atom. The molecule has 3 aliphatic rings. The lowest BCUT2D eigenvalue weighted by Gasteiger charge is -2.36. The Labute approximate surface area is 262 Å². The van der Waals surface area contributed by atoms with Crippen LogP contribution in [0.25, 0.3) is 0 Å². The molecule has 2 fully saturated rings. The molecule has 6 nitrogen and oxygen atoms in total. The summed E-state index contributed by atoms with van der Waals surface area (Å²) < 4.78 is 6.31. The van der Waals surface area contributed by atoms with Crippen molar-refractivity contribution in [3.8, 4) is 0 Å². The molecule has 4 aromatic rings. The van der Waals surface area contributed by atoms with Gasteiger partial charge in [0.05, 0.1) is 18.3 Å². The SMILES string of the molecule is Cc1ccc(C(CC2CCCCC2)Nc2ccc3c(c2)Sc2cccc(C4CN(c5cc[nH]c(=O)c5)CCO4)c2S3)nc1. The van der Waals surface area contributed by atoms with Crippen LogP contribution < -0.4 is 15.8 Å². The Hall–Kier alpha value is -3.20. The minimum atomic E-state index is -0.0783. The van der Waals surface area contributed by atoms with Crippen molar-refractivity contribution in [3.63, 3.8) is 0 Å². The molecule has 8 heteroatoms. The van der Waals surface area contributed by atoms with Crippen molar-refractivity contribution < 1.29 is 4.74 Å². The van der Waals surface area contributed by atoms with E-state index in [0.29, 0.717) is 6.61 Å². The molecule has 2 aliphatic heterocycles. The summed E-state index contributed by atoms with van der Waals surface area (Å²) in [6, 6.07) is 21.6. The number of morpholine rings is 1. The number of pyridine rings is 2. The van der Waals surface area contributed by atoms with Crippen molar-refractivity contribution in [1.82, 2.24) is 9.97 Å². The van der Waals surface area contributed by atoms with E-state index in [4.69, 9.17) is 9.72 Å². The van der Waals surface area contributed by atoms with E-state index in [0.717, 1.165) is 42.5 Å². The zero-order valence-electron chi connectivity index (χ0n) is 24.6. The first-order valence-corrected chi connectivity index (χ1v) is 17.1. The highest BCUT2D eigenvalue weighted by Gasteiger charge is 2.29. The molecule has 7 rings (SSSR count). The number of nitrogens with one attached hydrogen (secondary N) is 2. The zero-order valence-corrected chi connectivity index (χ0v) is 26.2. The van der Waals surface area contributed by atoms with Crippen molar-refractivity contribution in [3.05, 3.63) is 100 Å². The van der Waals surface area contributed by atoms with E-state index in [1.165, 1.54) is 62.8 Å². The first kappa shape index (κ1) is 28.6. The molecule has 2 N–H and O–H groups in total. The monoisotopic (exact) mass is 610 g/mol. The lowest BCUT2D eigenvalue weighted by atomic mass is 9.84. The summed E-state index contributed by atoms with van der Waals surface area (Å²) in [7, 11) is 0. The Morgan fingerprint density at radius 3 is 2.77 bits per heavy atom. The Morgan fingerprint density at radius 2 is 1.93 bits per heavy atom. The molecule has 2 unspecified atom stereocenters. The topological polar surface area (TPSA) is 70.2 Å². The molecule has 0 radical (unpaired) electrons. The van der Waals surface area contributed by atoms with Crippen LogP contribution in [0.4, 0.5) is 11.4 Å². The van der Waals surface area contributed by atoms with Crippen LogP contribution in [0.1, 0.15) is 67.5 Å². The predicted octanol–water partition coefficient (Wildman–Crippen LogP) is 8.40. The fourth-order valence-corrected chi connectivity index (χ4v) is 9.01. The molecule has 1 aliphatic carbocycles. The van der Waals surface area contributed by atoms with Crippen LogP contribution in [0.15, 0.2) is 97.4 Å². The highest BCUT2D eigenvalue weighted by atomic mass is 32.2. The van der Waals surface area contributed by atoms with Crippen LogP contribution in [0.5, 0.6) is 0 Å². The molecular weight excluding hydrogens is 573 g/mol. The van der Waals surface area contributed by atoms with Gasteiger partial charge in [-0.25, -0.2) is 0 Å². The number of benzene rings is 2. The molecule has 2 aromatic heterocycles. The molecule has 1 saturated heterocycles. The highest BCUT2D eigenvalue weighted by Crippen LogP contribution is 2.52. The molecule has 2 atom stereocenters. The van der Waals surface area contributed by atoms with E-state index in [1.54, 1.807) is 12.3 Å². The van der Waals surface area contributed by atoms with E-state index >= 15 is 0 Å². The predicted molar refractivity (Wildman–Crippen MR) is 176 cm³/mol. The van der Waals surface area contributed by atoms with Gasteiger partial charge in [-0.15, -0.1) is 0 Å². The summed E-state index contributed by atoms with van der Waals surface area (Å²) in [6.45, 7) is 4.22. The van der Waals surface area contributed by atoms with Crippen LogP contribution in [0, 0.1) is 12.8 Å². The molecule has 0 spiro atoms. The maximum atomic E-state index is 11.9. The van der Waals surface area contributed by atoms with Crippen LogP contribution >= 0.6 is 23.5 Å². The lowest BCUT2D eigenvalue weighted by molar-refractivity contribution is 0.0379. The molecule has 0 bridgehead atoms. The smallest absolute Gasteiger partial charge is 0.249 e. The summed E-state index contributed by atoms with van der Waals surface area (Å²) in [5.74, 6) is 0.753. The van der Waals surface area contributed by atoms with Gasteiger partial charge in [0.1, 0.15) is 6.10 Å². The first-order valence-electron chi connectivity index (χ1n) is 15.5. The van der Waals surface area contributed by atoms with Crippen molar-refractivity contribution in [2.75, 3.05) is 29.9 Å².